The molecule has 0 nitrogen and oxygen atoms in total. The lowest BCUT2D eigenvalue weighted by atomic mass is 10.4. The SMILES string of the molecule is C=C(F)/C=C(/F)CC. The first-order chi connectivity index (χ1) is 3.66. The standard InChI is InChI=1S/C6H8F2/c1-3-6(8)4-5(2)7/h4H,2-3H2,1H3/b6-4+. The molecule has 0 atom stereocenters. The monoisotopic (exact) mass is 118 g/mol. The van der Waals surface area contributed by atoms with Crippen LogP contribution in [0.5, 0.6) is 0 Å². The third-order valence-electron chi connectivity index (χ3n) is 0.651. The van der Waals surface area contributed by atoms with Gasteiger partial charge in [-0.1, -0.05) is 13.5 Å². The van der Waals surface area contributed by atoms with Crippen molar-refractivity contribution in [3.05, 3.63) is 24.3 Å². The van der Waals surface area contributed by atoms with E-state index in [1.54, 1.807) is 6.92 Å². The summed E-state index contributed by atoms with van der Waals surface area (Å²) in [5.41, 5.74) is 0. The summed E-state index contributed by atoms with van der Waals surface area (Å²) < 4.78 is 23.6. The van der Waals surface area contributed by atoms with Gasteiger partial charge < -0.3 is 0 Å². The van der Waals surface area contributed by atoms with Crippen molar-refractivity contribution >= 4 is 0 Å². The van der Waals surface area contributed by atoms with Crippen molar-refractivity contribution in [2.45, 2.75) is 13.3 Å². The van der Waals surface area contributed by atoms with Gasteiger partial charge in [-0.25, -0.2) is 8.78 Å². The molecule has 2 heteroatoms. The van der Waals surface area contributed by atoms with E-state index in [1.165, 1.54) is 0 Å². The number of hydrogen-bond acceptors (Lipinski definition) is 0. The van der Waals surface area contributed by atoms with Crippen molar-refractivity contribution in [3.8, 4) is 0 Å². The normalized spacial score (nSPS) is 11.6. The molecule has 0 aromatic heterocycles. The van der Waals surface area contributed by atoms with Crippen LogP contribution in [0.1, 0.15) is 13.3 Å². The third-order valence-corrected chi connectivity index (χ3v) is 0.651. The number of halogens is 2. The lowest BCUT2D eigenvalue weighted by Crippen LogP contribution is -1.67. The van der Waals surface area contributed by atoms with Crippen molar-refractivity contribution in [1.29, 1.82) is 0 Å². The fraction of sp³-hybridized carbons (Fsp3) is 0.333. The molecule has 0 aromatic carbocycles. The molecule has 0 aromatic rings. The molecular weight excluding hydrogens is 110 g/mol. The molecule has 0 saturated carbocycles. The average Bonchev–Trinajstić information content (AvgIpc) is 1.65. The van der Waals surface area contributed by atoms with Gasteiger partial charge in [0.2, 0.25) is 0 Å². The minimum atomic E-state index is -0.732. The molecule has 46 valence electrons. The maximum Gasteiger partial charge on any atom is 0.118 e. The largest absolute Gasteiger partial charge is 0.212 e. The second-order valence-electron chi connectivity index (χ2n) is 1.39. The Bertz CT molecular complexity index is 114. The van der Waals surface area contributed by atoms with Gasteiger partial charge >= 0.3 is 0 Å². The van der Waals surface area contributed by atoms with E-state index in [1.807, 2.05) is 0 Å². The Labute approximate surface area is 47.5 Å². The highest BCUT2D eigenvalue weighted by molar-refractivity contribution is 5.09. The summed E-state index contributed by atoms with van der Waals surface area (Å²) >= 11 is 0. The summed E-state index contributed by atoms with van der Waals surface area (Å²) in [6.45, 7) is 4.47. The van der Waals surface area contributed by atoms with Gasteiger partial charge in [0, 0.05) is 6.08 Å². The molecular formula is C6H8F2. The fourth-order valence-electron chi connectivity index (χ4n) is 0.272. The Hall–Kier alpha value is -0.660. The molecule has 8 heavy (non-hydrogen) atoms. The topological polar surface area (TPSA) is 0 Å². The van der Waals surface area contributed by atoms with Gasteiger partial charge in [0.25, 0.3) is 0 Å². The van der Waals surface area contributed by atoms with Crippen LogP contribution in [-0.4, -0.2) is 0 Å². The average molecular weight is 118 g/mol. The summed E-state index contributed by atoms with van der Waals surface area (Å²) in [7, 11) is 0. The van der Waals surface area contributed by atoms with E-state index in [0.29, 0.717) is 0 Å². The molecule has 0 fully saturated rings. The van der Waals surface area contributed by atoms with Crippen LogP contribution in [0.2, 0.25) is 0 Å². The molecule has 0 rings (SSSR count). The van der Waals surface area contributed by atoms with Gasteiger partial charge in [-0.2, -0.15) is 0 Å². The lowest BCUT2D eigenvalue weighted by Gasteiger charge is -1.84. The Morgan fingerprint density at radius 2 is 2.12 bits per heavy atom. The molecule has 0 saturated heterocycles. The van der Waals surface area contributed by atoms with Gasteiger partial charge in [0.1, 0.15) is 11.7 Å². The predicted molar refractivity (Wildman–Crippen MR) is 29.7 cm³/mol. The molecule has 0 bridgehead atoms. The number of allylic oxidation sites excluding steroid dienone is 3. The molecule has 0 amide bonds. The van der Waals surface area contributed by atoms with Crippen molar-refractivity contribution in [1.82, 2.24) is 0 Å². The Kier molecular flexibility index (Phi) is 3.08. The van der Waals surface area contributed by atoms with Crippen LogP contribution in [-0.2, 0) is 0 Å². The summed E-state index contributed by atoms with van der Waals surface area (Å²) in [6, 6.07) is 0. The fourth-order valence-corrected chi connectivity index (χ4v) is 0.272. The minimum absolute atomic E-state index is 0.225. The van der Waals surface area contributed by atoms with Gasteiger partial charge in [0.15, 0.2) is 0 Å². The molecule has 0 unspecified atom stereocenters. The van der Waals surface area contributed by atoms with Crippen molar-refractivity contribution in [3.63, 3.8) is 0 Å². The van der Waals surface area contributed by atoms with Gasteiger partial charge in [0.05, 0.1) is 0 Å². The van der Waals surface area contributed by atoms with Crippen LogP contribution in [0.25, 0.3) is 0 Å². The van der Waals surface area contributed by atoms with Crippen molar-refractivity contribution in [2.75, 3.05) is 0 Å². The number of hydrogen-bond donors (Lipinski definition) is 0. The van der Waals surface area contributed by atoms with E-state index < -0.39 is 11.7 Å². The van der Waals surface area contributed by atoms with E-state index in [4.69, 9.17) is 0 Å². The molecule has 0 spiro atoms. The second kappa shape index (κ2) is 3.36. The first-order valence-corrected chi connectivity index (χ1v) is 2.37. The molecule has 0 radical (unpaired) electrons. The lowest BCUT2D eigenvalue weighted by molar-refractivity contribution is 0.588. The molecule has 0 aliphatic rings. The van der Waals surface area contributed by atoms with Gasteiger partial charge in [-0.05, 0) is 6.42 Å². The first-order valence-electron chi connectivity index (χ1n) is 2.37. The summed E-state index contributed by atoms with van der Waals surface area (Å²) in [4.78, 5) is 0. The summed E-state index contributed by atoms with van der Waals surface area (Å²) in [5.74, 6) is -1.21. The molecule has 0 N–H and O–H groups in total. The van der Waals surface area contributed by atoms with E-state index in [-0.39, 0.29) is 6.42 Å². The quantitative estimate of drug-likeness (QED) is 0.489. The van der Waals surface area contributed by atoms with Crippen LogP contribution >= 0.6 is 0 Å². The number of rotatable bonds is 2. The minimum Gasteiger partial charge on any atom is -0.212 e. The smallest absolute Gasteiger partial charge is 0.118 e. The predicted octanol–water partition coefficient (Wildman–Crippen LogP) is 2.73. The highest BCUT2D eigenvalue weighted by Crippen LogP contribution is 2.05. The maximum absolute atomic E-state index is 11.9. The zero-order valence-corrected chi connectivity index (χ0v) is 4.75. The zero-order chi connectivity index (χ0) is 6.57. The maximum atomic E-state index is 11.9. The van der Waals surface area contributed by atoms with Crippen molar-refractivity contribution in [2.24, 2.45) is 0 Å². The first kappa shape index (κ1) is 7.34. The van der Waals surface area contributed by atoms with E-state index in [9.17, 15) is 8.78 Å². The van der Waals surface area contributed by atoms with Crippen molar-refractivity contribution < 1.29 is 8.78 Å². The third kappa shape index (κ3) is 3.53. The van der Waals surface area contributed by atoms with E-state index in [2.05, 4.69) is 6.58 Å². The van der Waals surface area contributed by atoms with Crippen LogP contribution < -0.4 is 0 Å². The van der Waals surface area contributed by atoms with Crippen LogP contribution in [0, 0.1) is 0 Å². The van der Waals surface area contributed by atoms with Crippen LogP contribution in [0.4, 0.5) is 8.78 Å². The molecule has 0 aliphatic carbocycles. The summed E-state index contributed by atoms with van der Waals surface area (Å²) in [5, 5.41) is 0. The zero-order valence-electron chi connectivity index (χ0n) is 4.75. The summed E-state index contributed by atoms with van der Waals surface area (Å²) in [6.07, 6.45) is 1.00. The Morgan fingerprint density at radius 3 is 2.25 bits per heavy atom. The highest BCUT2D eigenvalue weighted by Gasteiger charge is 1.88. The van der Waals surface area contributed by atoms with Gasteiger partial charge in [-0.15, -0.1) is 0 Å². The van der Waals surface area contributed by atoms with E-state index >= 15 is 0 Å². The highest BCUT2D eigenvalue weighted by atomic mass is 19.1. The van der Waals surface area contributed by atoms with E-state index in [0.717, 1.165) is 6.08 Å². The Morgan fingerprint density at radius 1 is 1.62 bits per heavy atom. The molecule has 0 aliphatic heterocycles. The second-order valence-corrected chi connectivity index (χ2v) is 1.39. The van der Waals surface area contributed by atoms with Crippen LogP contribution in [0.3, 0.4) is 0 Å². The molecule has 0 heterocycles. The van der Waals surface area contributed by atoms with Crippen LogP contribution in [0.15, 0.2) is 24.3 Å². The Balaban J connectivity index is 3.75. The van der Waals surface area contributed by atoms with Gasteiger partial charge in [-0.3, -0.25) is 0 Å².